The van der Waals surface area contributed by atoms with Crippen LogP contribution in [-0.2, 0) is 23.3 Å². The van der Waals surface area contributed by atoms with E-state index in [1.54, 1.807) is 0 Å². The third-order valence-electron chi connectivity index (χ3n) is 4.56. The van der Waals surface area contributed by atoms with Gasteiger partial charge in [-0.05, 0) is 42.2 Å². The van der Waals surface area contributed by atoms with Gasteiger partial charge in [0.05, 0.1) is 17.6 Å². The average molecular weight is 368 g/mol. The van der Waals surface area contributed by atoms with Gasteiger partial charge in [0.25, 0.3) is 0 Å². The number of nitrogens with zero attached hydrogens (tertiary/aromatic N) is 2. The summed E-state index contributed by atoms with van der Waals surface area (Å²) in [6.45, 7) is 10.3. The standard InChI is InChI=1S/C22H28N2O3/c1-5-26-13-12-24-20-14-18(10-11-19(20)23-21(24)15-25)27-17-8-6-16(7-9-17)22(2,3)4/h6-11,14,25H,5,12-13,15H2,1-4H3. The molecular weight excluding hydrogens is 340 g/mol. The molecule has 0 fully saturated rings. The van der Waals surface area contributed by atoms with Crippen molar-refractivity contribution in [3.05, 3.63) is 53.9 Å². The second-order valence-electron chi connectivity index (χ2n) is 7.56. The van der Waals surface area contributed by atoms with Crippen molar-refractivity contribution in [1.82, 2.24) is 9.55 Å². The van der Waals surface area contributed by atoms with Gasteiger partial charge in [-0.2, -0.15) is 0 Å². The zero-order valence-corrected chi connectivity index (χ0v) is 16.5. The summed E-state index contributed by atoms with van der Waals surface area (Å²) in [5, 5.41) is 9.62. The highest BCUT2D eigenvalue weighted by Gasteiger charge is 2.14. The maximum absolute atomic E-state index is 9.62. The molecule has 0 radical (unpaired) electrons. The Morgan fingerprint density at radius 2 is 1.74 bits per heavy atom. The Morgan fingerprint density at radius 3 is 2.37 bits per heavy atom. The van der Waals surface area contributed by atoms with Crippen molar-refractivity contribution in [1.29, 1.82) is 0 Å². The van der Waals surface area contributed by atoms with Gasteiger partial charge in [0.1, 0.15) is 23.9 Å². The Hall–Kier alpha value is -2.37. The highest BCUT2D eigenvalue weighted by molar-refractivity contribution is 5.78. The second kappa shape index (κ2) is 8.11. The number of aliphatic hydroxyl groups is 1. The van der Waals surface area contributed by atoms with Gasteiger partial charge in [0, 0.05) is 19.2 Å². The van der Waals surface area contributed by atoms with E-state index in [0.29, 0.717) is 25.6 Å². The molecule has 0 spiro atoms. The highest BCUT2D eigenvalue weighted by atomic mass is 16.5. The van der Waals surface area contributed by atoms with Crippen molar-refractivity contribution in [3.63, 3.8) is 0 Å². The van der Waals surface area contributed by atoms with Crippen LogP contribution in [0, 0.1) is 0 Å². The van der Waals surface area contributed by atoms with E-state index in [-0.39, 0.29) is 12.0 Å². The van der Waals surface area contributed by atoms with Crippen LogP contribution in [0.1, 0.15) is 39.1 Å². The van der Waals surface area contributed by atoms with Gasteiger partial charge >= 0.3 is 0 Å². The zero-order valence-electron chi connectivity index (χ0n) is 16.5. The summed E-state index contributed by atoms with van der Waals surface area (Å²) in [6.07, 6.45) is 0. The molecular formula is C22H28N2O3. The topological polar surface area (TPSA) is 56.5 Å². The molecule has 1 N–H and O–H groups in total. The van der Waals surface area contributed by atoms with Crippen LogP contribution >= 0.6 is 0 Å². The van der Waals surface area contributed by atoms with E-state index in [1.807, 2.05) is 41.8 Å². The first kappa shape index (κ1) is 19.4. The first-order valence-corrected chi connectivity index (χ1v) is 9.38. The largest absolute Gasteiger partial charge is 0.457 e. The fourth-order valence-corrected chi connectivity index (χ4v) is 3.05. The third kappa shape index (κ3) is 4.49. The van der Waals surface area contributed by atoms with Crippen LogP contribution in [0.15, 0.2) is 42.5 Å². The van der Waals surface area contributed by atoms with E-state index in [1.165, 1.54) is 5.56 Å². The quantitative estimate of drug-likeness (QED) is 0.617. The van der Waals surface area contributed by atoms with Crippen LogP contribution in [-0.4, -0.2) is 27.9 Å². The molecule has 0 amide bonds. The SMILES string of the molecule is CCOCCn1c(CO)nc2ccc(Oc3ccc(C(C)(C)C)cc3)cc21. The monoisotopic (exact) mass is 368 g/mol. The molecule has 0 saturated heterocycles. The molecule has 0 aliphatic rings. The smallest absolute Gasteiger partial charge is 0.135 e. The summed E-state index contributed by atoms with van der Waals surface area (Å²) in [5.41, 5.74) is 3.16. The van der Waals surface area contributed by atoms with Gasteiger partial charge in [0.2, 0.25) is 0 Å². The van der Waals surface area contributed by atoms with Crippen LogP contribution in [0.3, 0.4) is 0 Å². The molecule has 1 aromatic heterocycles. The van der Waals surface area contributed by atoms with Gasteiger partial charge in [-0.1, -0.05) is 32.9 Å². The maximum atomic E-state index is 9.62. The summed E-state index contributed by atoms with van der Waals surface area (Å²) in [5.74, 6) is 2.18. The molecule has 5 heteroatoms. The molecule has 27 heavy (non-hydrogen) atoms. The predicted molar refractivity (Wildman–Crippen MR) is 107 cm³/mol. The summed E-state index contributed by atoms with van der Waals surface area (Å²) in [6, 6.07) is 14.0. The van der Waals surface area contributed by atoms with Crippen molar-refractivity contribution in [3.8, 4) is 11.5 Å². The first-order valence-electron chi connectivity index (χ1n) is 9.38. The van der Waals surface area contributed by atoms with Gasteiger partial charge in [-0.3, -0.25) is 0 Å². The number of ether oxygens (including phenoxy) is 2. The first-order chi connectivity index (χ1) is 12.9. The van der Waals surface area contributed by atoms with Gasteiger partial charge in [-0.25, -0.2) is 4.98 Å². The molecule has 3 rings (SSSR count). The van der Waals surface area contributed by atoms with Crippen molar-refractivity contribution < 1.29 is 14.6 Å². The number of hydrogen-bond donors (Lipinski definition) is 1. The number of rotatable bonds is 7. The van der Waals surface area contributed by atoms with Crippen molar-refractivity contribution >= 4 is 11.0 Å². The molecule has 0 bridgehead atoms. The van der Waals surface area contributed by atoms with Crippen LogP contribution < -0.4 is 4.74 Å². The minimum atomic E-state index is -0.106. The van der Waals surface area contributed by atoms with Crippen molar-refractivity contribution in [2.24, 2.45) is 0 Å². The van der Waals surface area contributed by atoms with Crippen LogP contribution in [0.4, 0.5) is 0 Å². The van der Waals surface area contributed by atoms with E-state index in [9.17, 15) is 5.11 Å². The van der Waals surface area contributed by atoms with E-state index in [2.05, 4.69) is 37.9 Å². The Bertz CT molecular complexity index is 892. The Labute approximate surface area is 160 Å². The van der Waals surface area contributed by atoms with Gasteiger partial charge in [0.15, 0.2) is 0 Å². The number of benzene rings is 2. The summed E-state index contributed by atoms with van der Waals surface area (Å²) in [4.78, 5) is 4.50. The van der Waals surface area contributed by atoms with Crippen LogP contribution in [0.25, 0.3) is 11.0 Å². The van der Waals surface area contributed by atoms with E-state index in [4.69, 9.17) is 9.47 Å². The Morgan fingerprint density at radius 1 is 1.04 bits per heavy atom. The summed E-state index contributed by atoms with van der Waals surface area (Å²) >= 11 is 0. The number of hydrogen-bond acceptors (Lipinski definition) is 4. The number of aromatic nitrogens is 2. The van der Waals surface area contributed by atoms with E-state index >= 15 is 0 Å². The molecule has 1 heterocycles. The van der Waals surface area contributed by atoms with Crippen molar-refractivity contribution in [2.75, 3.05) is 13.2 Å². The molecule has 0 unspecified atom stereocenters. The number of imidazole rings is 1. The molecule has 0 atom stereocenters. The van der Waals surface area contributed by atoms with Gasteiger partial charge < -0.3 is 19.1 Å². The van der Waals surface area contributed by atoms with E-state index < -0.39 is 0 Å². The molecule has 3 aromatic rings. The predicted octanol–water partition coefficient (Wildman–Crippen LogP) is 4.65. The maximum Gasteiger partial charge on any atom is 0.135 e. The second-order valence-corrected chi connectivity index (χ2v) is 7.56. The Kier molecular flexibility index (Phi) is 5.82. The molecule has 5 nitrogen and oxygen atoms in total. The van der Waals surface area contributed by atoms with Gasteiger partial charge in [-0.15, -0.1) is 0 Å². The highest BCUT2D eigenvalue weighted by Crippen LogP contribution is 2.29. The van der Waals surface area contributed by atoms with Crippen molar-refractivity contribution in [2.45, 2.75) is 46.3 Å². The number of aliphatic hydroxyl groups excluding tert-OH is 1. The molecule has 0 saturated carbocycles. The average Bonchev–Trinajstić information content (AvgIpc) is 2.99. The van der Waals surface area contributed by atoms with Crippen LogP contribution in [0.5, 0.6) is 11.5 Å². The minimum Gasteiger partial charge on any atom is -0.457 e. The normalized spacial score (nSPS) is 11.9. The molecule has 0 aliphatic carbocycles. The fourth-order valence-electron chi connectivity index (χ4n) is 3.05. The minimum absolute atomic E-state index is 0.106. The molecule has 144 valence electrons. The lowest BCUT2D eigenvalue weighted by molar-refractivity contribution is 0.137. The fraction of sp³-hybridized carbons (Fsp3) is 0.409. The summed E-state index contributed by atoms with van der Waals surface area (Å²) < 4.78 is 13.5. The summed E-state index contributed by atoms with van der Waals surface area (Å²) in [7, 11) is 0. The lowest BCUT2D eigenvalue weighted by atomic mass is 9.87. The lowest BCUT2D eigenvalue weighted by Gasteiger charge is -2.19. The molecule has 0 aliphatic heterocycles. The third-order valence-corrected chi connectivity index (χ3v) is 4.56. The molecule has 2 aromatic carbocycles. The Balaban J connectivity index is 1.86. The van der Waals surface area contributed by atoms with Crippen LogP contribution in [0.2, 0.25) is 0 Å². The zero-order chi connectivity index (χ0) is 19.4. The number of fused-ring (bicyclic) bond motifs is 1. The lowest BCUT2D eigenvalue weighted by Crippen LogP contribution is -2.10. The van der Waals surface area contributed by atoms with E-state index in [0.717, 1.165) is 22.5 Å².